The molecule has 0 bridgehead atoms. The van der Waals surface area contributed by atoms with Gasteiger partial charge in [0.1, 0.15) is 5.65 Å². The minimum Gasteiger partial charge on any atom is -0.330 e. The second-order valence-corrected chi connectivity index (χ2v) is 6.09. The standard InChI is InChI=1S/C16H22N4O/c1-11-4-3-5-20-15(21)7-14(18-16(11)20)10-19-9-13(8-17)6-12(19)2/h3-5,7,12-13H,6,8-10,17H2,1-2H3. The summed E-state index contributed by atoms with van der Waals surface area (Å²) >= 11 is 0. The molecule has 112 valence electrons. The van der Waals surface area contributed by atoms with E-state index in [1.807, 2.05) is 19.1 Å². The molecule has 2 unspecified atom stereocenters. The fourth-order valence-corrected chi connectivity index (χ4v) is 3.21. The average Bonchev–Trinajstić information content (AvgIpc) is 2.81. The minimum absolute atomic E-state index is 0.0130. The van der Waals surface area contributed by atoms with E-state index in [0.29, 0.717) is 12.0 Å². The Morgan fingerprint density at radius 2 is 2.29 bits per heavy atom. The molecule has 1 fully saturated rings. The van der Waals surface area contributed by atoms with Crippen LogP contribution in [0, 0.1) is 12.8 Å². The number of fused-ring (bicyclic) bond motifs is 1. The summed E-state index contributed by atoms with van der Waals surface area (Å²) in [6.45, 7) is 6.64. The van der Waals surface area contributed by atoms with Gasteiger partial charge in [-0.1, -0.05) is 6.07 Å². The van der Waals surface area contributed by atoms with Gasteiger partial charge in [0.2, 0.25) is 0 Å². The summed E-state index contributed by atoms with van der Waals surface area (Å²) in [5, 5.41) is 0. The van der Waals surface area contributed by atoms with Gasteiger partial charge in [-0.25, -0.2) is 4.98 Å². The van der Waals surface area contributed by atoms with E-state index in [1.165, 1.54) is 0 Å². The van der Waals surface area contributed by atoms with Gasteiger partial charge in [-0.15, -0.1) is 0 Å². The summed E-state index contributed by atoms with van der Waals surface area (Å²) in [7, 11) is 0. The number of hydrogen-bond acceptors (Lipinski definition) is 4. The Bertz CT molecular complexity index is 709. The van der Waals surface area contributed by atoms with Crippen LogP contribution in [0.2, 0.25) is 0 Å². The van der Waals surface area contributed by atoms with E-state index < -0.39 is 0 Å². The summed E-state index contributed by atoms with van der Waals surface area (Å²) in [6.07, 6.45) is 2.90. The number of hydrogen-bond donors (Lipinski definition) is 1. The van der Waals surface area contributed by atoms with Gasteiger partial charge in [0.15, 0.2) is 0 Å². The van der Waals surface area contributed by atoms with Gasteiger partial charge >= 0.3 is 0 Å². The summed E-state index contributed by atoms with van der Waals surface area (Å²) in [4.78, 5) is 19.3. The monoisotopic (exact) mass is 286 g/mol. The van der Waals surface area contributed by atoms with Gasteiger partial charge in [-0.3, -0.25) is 14.1 Å². The van der Waals surface area contributed by atoms with Crippen LogP contribution in [-0.4, -0.2) is 33.4 Å². The molecule has 3 heterocycles. The summed E-state index contributed by atoms with van der Waals surface area (Å²) < 4.78 is 1.61. The summed E-state index contributed by atoms with van der Waals surface area (Å²) in [6, 6.07) is 6.00. The first-order valence-corrected chi connectivity index (χ1v) is 7.50. The Kier molecular flexibility index (Phi) is 3.78. The van der Waals surface area contributed by atoms with Crippen LogP contribution < -0.4 is 11.3 Å². The van der Waals surface area contributed by atoms with E-state index in [4.69, 9.17) is 5.73 Å². The Hall–Kier alpha value is -1.72. The second kappa shape index (κ2) is 5.58. The molecular formula is C16H22N4O. The number of pyridine rings is 1. The molecule has 0 amide bonds. The second-order valence-electron chi connectivity index (χ2n) is 6.09. The van der Waals surface area contributed by atoms with Gasteiger partial charge in [0, 0.05) is 31.4 Å². The van der Waals surface area contributed by atoms with Gasteiger partial charge in [-0.05, 0) is 44.4 Å². The maximum atomic E-state index is 12.2. The fourth-order valence-electron chi connectivity index (χ4n) is 3.21. The van der Waals surface area contributed by atoms with Crippen LogP contribution in [0.5, 0.6) is 0 Å². The lowest BCUT2D eigenvalue weighted by atomic mass is 10.1. The molecule has 0 aromatic carbocycles. The highest BCUT2D eigenvalue weighted by molar-refractivity contribution is 5.46. The third kappa shape index (κ3) is 2.71. The van der Waals surface area contributed by atoms with E-state index in [9.17, 15) is 4.79 Å². The van der Waals surface area contributed by atoms with E-state index >= 15 is 0 Å². The van der Waals surface area contributed by atoms with E-state index in [-0.39, 0.29) is 5.56 Å². The molecule has 0 aliphatic carbocycles. The Morgan fingerprint density at radius 1 is 1.48 bits per heavy atom. The third-order valence-corrected chi connectivity index (χ3v) is 4.43. The van der Waals surface area contributed by atoms with Gasteiger partial charge in [0.25, 0.3) is 5.56 Å². The average molecular weight is 286 g/mol. The first-order chi connectivity index (χ1) is 10.1. The maximum absolute atomic E-state index is 12.2. The molecule has 5 nitrogen and oxygen atoms in total. The number of aryl methyl sites for hydroxylation is 1. The number of nitrogens with two attached hydrogens (primary N) is 1. The first kappa shape index (κ1) is 14.2. The molecule has 0 saturated carbocycles. The normalized spacial score (nSPS) is 23.0. The predicted octanol–water partition coefficient (Wildman–Crippen LogP) is 1.17. The lowest BCUT2D eigenvalue weighted by molar-refractivity contribution is 0.253. The first-order valence-electron chi connectivity index (χ1n) is 7.50. The molecule has 5 heteroatoms. The lowest BCUT2D eigenvalue weighted by Crippen LogP contribution is -2.29. The van der Waals surface area contributed by atoms with Crippen molar-refractivity contribution in [3.63, 3.8) is 0 Å². The largest absolute Gasteiger partial charge is 0.330 e. The van der Waals surface area contributed by atoms with Crippen molar-refractivity contribution < 1.29 is 0 Å². The molecular weight excluding hydrogens is 264 g/mol. The molecule has 2 aromatic heterocycles. The number of likely N-dealkylation sites (tertiary alicyclic amines) is 1. The van der Waals surface area contributed by atoms with Crippen molar-refractivity contribution in [2.24, 2.45) is 11.7 Å². The van der Waals surface area contributed by atoms with Gasteiger partial charge in [-0.2, -0.15) is 0 Å². The fraction of sp³-hybridized carbons (Fsp3) is 0.500. The number of aromatic nitrogens is 2. The van der Waals surface area contributed by atoms with Crippen molar-refractivity contribution in [1.29, 1.82) is 0 Å². The summed E-state index contributed by atoms with van der Waals surface area (Å²) in [5.41, 5.74) is 8.38. The van der Waals surface area contributed by atoms with Crippen LogP contribution in [0.25, 0.3) is 5.65 Å². The van der Waals surface area contributed by atoms with E-state index in [0.717, 1.165) is 43.0 Å². The van der Waals surface area contributed by atoms with Crippen molar-refractivity contribution in [2.45, 2.75) is 32.9 Å². The van der Waals surface area contributed by atoms with Crippen LogP contribution in [-0.2, 0) is 6.54 Å². The molecule has 1 saturated heterocycles. The highest BCUT2D eigenvalue weighted by Crippen LogP contribution is 2.23. The van der Waals surface area contributed by atoms with Crippen molar-refractivity contribution in [3.8, 4) is 0 Å². The van der Waals surface area contributed by atoms with Gasteiger partial charge in [0.05, 0.1) is 5.69 Å². The van der Waals surface area contributed by atoms with Crippen molar-refractivity contribution in [1.82, 2.24) is 14.3 Å². The Balaban J connectivity index is 1.91. The molecule has 2 aromatic rings. The Labute approximate surface area is 124 Å². The van der Waals surface area contributed by atoms with Crippen molar-refractivity contribution in [3.05, 3.63) is 46.0 Å². The topological polar surface area (TPSA) is 63.6 Å². The SMILES string of the molecule is Cc1cccn2c(=O)cc(CN3CC(CN)CC3C)nc12. The highest BCUT2D eigenvalue weighted by atomic mass is 16.1. The molecule has 0 spiro atoms. The minimum atomic E-state index is -0.0130. The van der Waals surface area contributed by atoms with Crippen LogP contribution in [0.3, 0.4) is 0 Å². The molecule has 3 rings (SSSR count). The molecule has 1 aliphatic rings. The quantitative estimate of drug-likeness (QED) is 0.920. The molecule has 2 N–H and O–H groups in total. The van der Waals surface area contributed by atoms with E-state index in [2.05, 4.69) is 16.8 Å². The van der Waals surface area contributed by atoms with Crippen molar-refractivity contribution in [2.75, 3.05) is 13.1 Å². The van der Waals surface area contributed by atoms with Crippen LogP contribution in [0.15, 0.2) is 29.2 Å². The zero-order valence-electron chi connectivity index (χ0n) is 12.6. The van der Waals surface area contributed by atoms with Crippen molar-refractivity contribution >= 4 is 5.65 Å². The Morgan fingerprint density at radius 3 is 3.00 bits per heavy atom. The molecule has 21 heavy (non-hydrogen) atoms. The highest BCUT2D eigenvalue weighted by Gasteiger charge is 2.28. The van der Waals surface area contributed by atoms with Crippen LogP contribution >= 0.6 is 0 Å². The maximum Gasteiger partial charge on any atom is 0.258 e. The van der Waals surface area contributed by atoms with Gasteiger partial charge < -0.3 is 5.73 Å². The predicted molar refractivity (Wildman–Crippen MR) is 83.2 cm³/mol. The smallest absolute Gasteiger partial charge is 0.258 e. The summed E-state index contributed by atoms with van der Waals surface area (Å²) in [5.74, 6) is 0.559. The van der Waals surface area contributed by atoms with E-state index in [1.54, 1.807) is 16.7 Å². The molecule has 1 aliphatic heterocycles. The number of nitrogens with zero attached hydrogens (tertiary/aromatic N) is 3. The number of rotatable bonds is 3. The zero-order chi connectivity index (χ0) is 15.0. The lowest BCUT2D eigenvalue weighted by Gasteiger charge is -2.20. The van der Waals surface area contributed by atoms with Crippen LogP contribution in [0.4, 0.5) is 0 Å². The molecule has 0 radical (unpaired) electrons. The third-order valence-electron chi connectivity index (χ3n) is 4.43. The zero-order valence-corrected chi connectivity index (χ0v) is 12.6. The molecule has 2 atom stereocenters. The van der Waals surface area contributed by atoms with Crippen LogP contribution in [0.1, 0.15) is 24.6 Å².